The molecule has 2 aliphatic carbocycles. The van der Waals surface area contributed by atoms with Gasteiger partial charge in [0.15, 0.2) is 0 Å². The number of rotatable bonds is 3. The summed E-state index contributed by atoms with van der Waals surface area (Å²) in [6.45, 7) is 1.61. The third-order valence-electron chi connectivity index (χ3n) is 8.49. The van der Waals surface area contributed by atoms with Crippen LogP contribution in [0.1, 0.15) is 72.7 Å². The van der Waals surface area contributed by atoms with E-state index in [1.54, 1.807) is 6.07 Å². The molecule has 2 aromatic rings. The standard InChI is InChI=1S/C28H34FN3O/c1-31(2)22-12-14-28(17-22)18-30-27(33-28)32-15-13-20-6-3-4-9-23(20)26(32)21-10-11-25(29)24(16-21)19-7-5-8-19/h3-4,6,9-11,16,19,22,26H,5,7-8,12-15,17-18H2,1-2H3/t22-,26+,28+/m1/s1. The molecule has 5 heteroatoms. The Morgan fingerprint density at radius 3 is 2.70 bits per heavy atom. The van der Waals surface area contributed by atoms with Gasteiger partial charge in [0.2, 0.25) is 0 Å². The molecule has 2 fully saturated rings. The molecule has 2 aromatic carbocycles. The van der Waals surface area contributed by atoms with Crippen molar-refractivity contribution in [2.75, 3.05) is 27.2 Å². The van der Waals surface area contributed by atoms with Crippen LogP contribution in [0, 0.1) is 5.82 Å². The van der Waals surface area contributed by atoms with Crippen molar-refractivity contribution in [1.29, 1.82) is 0 Å². The average molecular weight is 448 g/mol. The molecule has 0 aromatic heterocycles. The van der Waals surface area contributed by atoms with Crippen molar-refractivity contribution in [2.45, 2.75) is 68.5 Å². The molecule has 2 saturated carbocycles. The van der Waals surface area contributed by atoms with E-state index in [0.717, 1.165) is 68.8 Å². The van der Waals surface area contributed by atoms with E-state index in [0.29, 0.717) is 12.0 Å². The lowest BCUT2D eigenvalue weighted by Crippen LogP contribution is -2.43. The molecule has 1 spiro atoms. The van der Waals surface area contributed by atoms with Crippen molar-refractivity contribution in [1.82, 2.24) is 9.80 Å². The molecule has 4 aliphatic rings. The van der Waals surface area contributed by atoms with Crippen molar-refractivity contribution in [2.24, 2.45) is 4.99 Å². The van der Waals surface area contributed by atoms with Crippen molar-refractivity contribution >= 4 is 6.02 Å². The summed E-state index contributed by atoms with van der Waals surface area (Å²) in [4.78, 5) is 9.63. The summed E-state index contributed by atoms with van der Waals surface area (Å²) in [5.74, 6) is 0.301. The highest BCUT2D eigenvalue weighted by Crippen LogP contribution is 2.44. The summed E-state index contributed by atoms with van der Waals surface area (Å²) in [7, 11) is 4.32. The largest absolute Gasteiger partial charge is 0.456 e. The Kier molecular flexibility index (Phi) is 5.21. The minimum Gasteiger partial charge on any atom is -0.456 e. The SMILES string of the molecule is CN(C)[C@@H]1CC[C@@]2(CN=C(N3CCc4ccccc4[C@@H]3c3ccc(F)c(C4CCC4)c3)O2)C1. The van der Waals surface area contributed by atoms with Crippen LogP contribution >= 0.6 is 0 Å². The maximum atomic E-state index is 14.7. The van der Waals surface area contributed by atoms with E-state index in [9.17, 15) is 4.39 Å². The number of amidine groups is 1. The molecule has 0 amide bonds. The van der Waals surface area contributed by atoms with Gasteiger partial charge in [-0.2, -0.15) is 0 Å². The van der Waals surface area contributed by atoms with Gasteiger partial charge in [-0.1, -0.05) is 42.8 Å². The quantitative estimate of drug-likeness (QED) is 0.641. The Labute approximate surface area is 196 Å². The Hall–Kier alpha value is -2.40. The summed E-state index contributed by atoms with van der Waals surface area (Å²) >= 11 is 0. The highest BCUT2D eigenvalue weighted by atomic mass is 19.1. The van der Waals surface area contributed by atoms with Crippen molar-refractivity contribution in [3.63, 3.8) is 0 Å². The first-order chi connectivity index (χ1) is 16.0. The molecular weight excluding hydrogens is 413 g/mol. The Morgan fingerprint density at radius 1 is 1.09 bits per heavy atom. The number of hydrogen-bond donors (Lipinski definition) is 0. The zero-order chi connectivity index (χ0) is 22.6. The minimum atomic E-state index is -0.161. The molecule has 6 rings (SSSR count). The molecule has 174 valence electrons. The van der Waals surface area contributed by atoms with Gasteiger partial charge >= 0.3 is 0 Å². The lowest BCUT2D eigenvalue weighted by atomic mass is 9.78. The van der Waals surface area contributed by atoms with Gasteiger partial charge in [-0.05, 0) is 80.4 Å². The van der Waals surface area contributed by atoms with E-state index in [4.69, 9.17) is 9.73 Å². The fourth-order valence-corrected chi connectivity index (χ4v) is 6.26. The molecule has 2 heterocycles. The molecule has 4 nitrogen and oxygen atoms in total. The summed E-state index contributed by atoms with van der Waals surface area (Å²) < 4.78 is 21.4. The van der Waals surface area contributed by atoms with Crippen LogP contribution in [0.25, 0.3) is 0 Å². The highest BCUT2D eigenvalue weighted by molar-refractivity contribution is 5.78. The predicted molar refractivity (Wildman–Crippen MR) is 129 cm³/mol. The first-order valence-electron chi connectivity index (χ1n) is 12.6. The van der Waals surface area contributed by atoms with E-state index < -0.39 is 0 Å². The van der Waals surface area contributed by atoms with Gasteiger partial charge in [0.05, 0.1) is 12.6 Å². The summed E-state index contributed by atoms with van der Waals surface area (Å²) in [5, 5.41) is 0. The molecule has 0 N–H and O–H groups in total. The molecule has 0 unspecified atom stereocenters. The van der Waals surface area contributed by atoms with Gasteiger partial charge in [0.25, 0.3) is 6.02 Å². The Morgan fingerprint density at radius 2 is 1.94 bits per heavy atom. The van der Waals surface area contributed by atoms with E-state index in [1.807, 2.05) is 6.07 Å². The number of nitrogens with zero attached hydrogens (tertiary/aromatic N) is 3. The van der Waals surface area contributed by atoms with Crippen LogP contribution in [-0.4, -0.2) is 54.6 Å². The fourth-order valence-electron chi connectivity index (χ4n) is 6.26. The Balaban J connectivity index is 1.34. The van der Waals surface area contributed by atoms with Crippen molar-refractivity contribution in [3.05, 3.63) is 70.5 Å². The van der Waals surface area contributed by atoms with E-state index in [2.05, 4.69) is 54.2 Å². The smallest absolute Gasteiger partial charge is 0.288 e. The van der Waals surface area contributed by atoms with Crippen LogP contribution < -0.4 is 0 Å². The number of fused-ring (bicyclic) bond motifs is 1. The summed E-state index contributed by atoms with van der Waals surface area (Å²) in [5.41, 5.74) is 4.54. The molecule has 0 bridgehead atoms. The van der Waals surface area contributed by atoms with Crippen LogP contribution in [0.3, 0.4) is 0 Å². The maximum absolute atomic E-state index is 14.7. The van der Waals surface area contributed by atoms with Gasteiger partial charge in [-0.3, -0.25) is 0 Å². The minimum absolute atomic E-state index is 0.00863. The molecule has 3 atom stereocenters. The third-order valence-corrected chi connectivity index (χ3v) is 8.49. The van der Waals surface area contributed by atoms with Crippen LogP contribution in [0.5, 0.6) is 0 Å². The van der Waals surface area contributed by atoms with E-state index >= 15 is 0 Å². The maximum Gasteiger partial charge on any atom is 0.288 e. The zero-order valence-corrected chi connectivity index (χ0v) is 19.8. The van der Waals surface area contributed by atoms with Gasteiger partial charge in [-0.15, -0.1) is 0 Å². The van der Waals surface area contributed by atoms with Gasteiger partial charge in [-0.25, -0.2) is 9.38 Å². The van der Waals surface area contributed by atoms with Gasteiger partial charge in [0, 0.05) is 19.0 Å². The van der Waals surface area contributed by atoms with E-state index in [-0.39, 0.29) is 17.5 Å². The van der Waals surface area contributed by atoms with Crippen LogP contribution in [0.2, 0.25) is 0 Å². The molecule has 2 aliphatic heterocycles. The van der Waals surface area contributed by atoms with Crippen molar-refractivity contribution < 1.29 is 9.13 Å². The van der Waals surface area contributed by atoms with Crippen LogP contribution in [0.15, 0.2) is 47.5 Å². The van der Waals surface area contributed by atoms with Gasteiger partial charge in [0.1, 0.15) is 11.4 Å². The molecule has 33 heavy (non-hydrogen) atoms. The van der Waals surface area contributed by atoms with Crippen molar-refractivity contribution in [3.8, 4) is 0 Å². The lowest BCUT2D eigenvalue weighted by Gasteiger charge is -2.39. The second kappa shape index (κ2) is 8.12. The Bertz CT molecular complexity index is 1080. The van der Waals surface area contributed by atoms with Gasteiger partial charge < -0.3 is 14.5 Å². The summed E-state index contributed by atoms with van der Waals surface area (Å²) in [6.07, 6.45) is 7.61. The predicted octanol–water partition coefficient (Wildman–Crippen LogP) is 5.28. The molecular formula is C28H34FN3O. The van der Waals surface area contributed by atoms with Crippen LogP contribution in [-0.2, 0) is 11.2 Å². The molecule has 0 radical (unpaired) electrons. The monoisotopic (exact) mass is 447 g/mol. The summed E-state index contributed by atoms with van der Waals surface area (Å²) in [6, 6.07) is 15.8. The average Bonchev–Trinajstić information content (AvgIpc) is 3.40. The van der Waals surface area contributed by atoms with E-state index in [1.165, 1.54) is 17.5 Å². The number of ether oxygens (including phenoxy) is 1. The highest BCUT2D eigenvalue weighted by Gasteiger charge is 2.48. The molecule has 0 saturated heterocycles. The van der Waals surface area contributed by atoms with Crippen LogP contribution in [0.4, 0.5) is 4.39 Å². The number of benzene rings is 2. The number of aliphatic imine (C=N–C) groups is 1. The fraction of sp³-hybridized carbons (Fsp3) is 0.536. The first kappa shape index (κ1) is 21.2. The lowest BCUT2D eigenvalue weighted by molar-refractivity contribution is 0.0627. The number of halogens is 1. The topological polar surface area (TPSA) is 28.1 Å². The third kappa shape index (κ3) is 3.65. The first-order valence-corrected chi connectivity index (χ1v) is 12.6. The zero-order valence-electron chi connectivity index (χ0n) is 19.8. The number of hydrogen-bond acceptors (Lipinski definition) is 4. The second-order valence-electron chi connectivity index (χ2n) is 10.7. The second-order valence-corrected chi connectivity index (χ2v) is 10.7. The normalized spacial score (nSPS) is 29.2.